The fraction of sp³-hybridized carbons (Fsp3) is 0.500. The summed E-state index contributed by atoms with van der Waals surface area (Å²) in [6, 6.07) is 11.5. The maximum Gasteiger partial charge on any atom is 0.00736 e. The number of aryl methyl sites for hydroxylation is 2. The monoisotopic (exact) mass is 300 g/mol. The van der Waals surface area contributed by atoms with Gasteiger partial charge in [0, 0.05) is 4.88 Å². The second kappa shape index (κ2) is 7.79. The van der Waals surface area contributed by atoms with Crippen molar-refractivity contribution in [3.63, 3.8) is 0 Å². The fourth-order valence-electron chi connectivity index (χ4n) is 2.71. The first-order valence-electron chi connectivity index (χ1n) is 8.26. The van der Waals surface area contributed by atoms with Gasteiger partial charge in [0.2, 0.25) is 0 Å². The van der Waals surface area contributed by atoms with Gasteiger partial charge in [0.15, 0.2) is 0 Å². The molecule has 0 aliphatic rings. The molecule has 1 aromatic carbocycles. The summed E-state index contributed by atoms with van der Waals surface area (Å²) < 4.78 is 0. The van der Waals surface area contributed by atoms with Crippen LogP contribution in [0.2, 0.25) is 0 Å². The van der Waals surface area contributed by atoms with Crippen molar-refractivity contribution in [2.24, 2.45) is 0 Å². The first kappa shape index (κ1) is 16.3. The van der Waals surface area contributed by atoms with Crippen molar-refractivity contribution in [1.82, 2.24) is 0 Å². The van der Waals surface area contributed by atoms with E-state index in [-0.39, 0.29) is 0 Å². The van der Waals surface area contributed by atoms with Crippen LogP contribution in [-0.4, -0.2) is 0 Å². The first-order valence-corrected chi connectivity index (χ1v) is 9.14. The molecule has 0 fully saturated rings. The summed E-state index contributed by atoms with van der Waals surface area (Å²) in [5.74, 6) is 1.34. The van der Waals surface area contributed by atoms with Gasteiger partial charge in [-0.1, -0.05) is 52.0 Å². The Balaban J connectivity index is 1.84. The highest BCUT2D eigenvalue weighted by atomic mass is 32.1. The maximum absolute atomic E-state index is 2.41. The lowest BCUT2D eigenvalue weighted by Gasteiger charge is -2.10. The summed E-state index contributed by atoms with van der Waals surface area (Å²) in [5.41, 5.74) is 4.49. The van der Waals surface area contributed by atoms with Crippen LogP contribution in [0.1, 0.15) is 73.9 Å². The normalized spacial score (nSPS) is 12.8. The smallest absolute Gasteiger partial charge is 0.00736 e. The highest BCUT2D eigenvalue weighted by Gasteiger charge is 2.10. The summed E-state index contributed by atoms with van der Waals surface area (Å²) in [7, 11) is 0. The van der Waals surface area contributed by atoms with Crippen molar-refractivity contribution in [3.8, 4) is 0 Å². The zero-order valence-corrected chi connectivity index (χ0v) is 14.7. The zero-order valence-electron chi connectivity index (χ0n) is 13.9. The molecule has 1 unspecified atom stereocenters. The molecule has 114 valence electrons. The van der Waals surface area contributed by atoms with Gasteiger partial charge in [-0.15, -0.1) is 11.3 Å². The highest BCUT2D eigenvalue weighted by molar-refractivity contribution is 7.10. The molecule has 0 bridgehead atoms. The van der Waals surface area contributed by atoms with Crippen LogP contribution < -0.4 is 0 Å². The molecule has 0 spiro atoms. The maximum atomic E-state index is 2.41. The second-order valence-corrected chi connectivity index (χ2v) is 7.35. The van der Waals surface area contributed by atoms with E-state index in [9.17, 15) is 0 Å². The third-order valence-corrected chi connectivity index (χ3v) is 5.53. The molecule has 1 atom stereocenters. The quantitative estimate of drug-likeness (QED) is 0.543. The predicted octanol–water partition coefficient (Wildman–Crippen LogP) is 6.56. The molecule has 0 radical (unpaired) electrons. The van der Waals surface area contributed by atoms with Gasteiger partial charge in [-0.25, -0.2) is 0 Å². The van der Waals surface area contributed by atoms with Crippen molar-refractivity contribution in [2.75, 3.05) is 0 Å². The average Bonchev–Trinajstić information content (AvgIpc) is 2.97. The van der Waals surface area contributed by atoms with E-state index in [1.807, 2.05) is 11.3 Å². The predicted molar refractivity (Wildman–Crippen MR) is 95.6 cm³/mol. The van der Waals surface area contributed by atoms with E-state index in [2.05, 4.69) is 63.4 Å². The van der Waals surface area contributed by atoms with E-state index in [1.54, 1.807) is 0 Å². The van der Waals surface area contributed by atoms with Crippen LogP contribution >= 0.6 is 11.3 Å². The van der Waals surface area contributed by atoms with Crippen molar-refractivity contribution >= 4 is 11.3 Å². The van der Waals surface area contributed by atoms with Crippen molar-refractivity contribution in [2.45, 2.75) is 65.2 Å². The Kier molecular flexibility index (Phi) is 6.05. The Hall–Kier alpha value is -1.08. The largest absolute Gasteiger partial charge is 0.148 e. The lowest BCUT2D eigenvalue weighted by Crippen LogP contribution is -1.94. The second-order valence-electron chi connectivity index (χ2n) is 6.40. The lowest BCUT2D eigenvalue weighted by atomic mass is 9.95. The molecule has 21 heavy (non-hydrogen) atoms. The van der Waals surface area contributed by atoms with E-state index in [0.717, 1.165) is 6.42 Å². The molecule has 0 nitrogen and oxygen atoms in total. The van der Waals surface area contributed by atoms with Gasteiger partial charge in [0.25, 0.3) is 0 Å². The summed E-state index contributed by atoms with van der Waals surface area (Å²) in [6.45, 7) is 9.15. The van der Waals surface area contributed by atoms with Gasteiger partial charge >= 0.3 is 0 Å². The summed E-state index contributed by atoms with van der Waals surface area (Å²) in [5, 5.41) is 2.36. The lowest BCUT2D eigenvalue weighted by molar-refractivity contribution is 0.634. The molecule has 2 aromatic rings. The van der Waals surface area contributed by atoms with Crippen LogP contribution in [-0.2, 0) is 12.8 Å². The van der Waals surface area contributed by atoms with Crippen LogP contribution in [0.15, 0.2) is 35.7 Å². The Morgan fingerprint density at radius 1 is 1.05 bits per heavy atom. The number of benzene rings is 1. The molecular weight excluding hydrogens is 272 g/mol. The van der Waals surface area contributed by atoms with E-state index in [1.165, 1.54) is 40.8 Å². The Morgan fingerprint density at radius 2 is 1.81 bits per heavy atom. The molecule has 2 rings (SSSR count). The first-order chi connectivity index (χ1) is 10.1. The summed E-state index contributed by atoms with van der Waals surface area (Å²) in [4.78, 5) is 1.52. The number of thiophene rings is 1. The number of hydrogen-bond donors (Lipinski definition) is 0. The third-order valence-electron chi connectivity index (χ3n) is 4.28. The Morgan fingerprint density at radius 3 is 2.48 bits per heavy atom. The van der Waals surface area contributed by atoms with Crippen molar-refractivity contribution in [3.05, 3.63) is 57.3 Å². The van der Waals surface area contributed by atoms with E-state index in [4.69, 9.17) is 0 Å². The highest BCUT2D eigenvalue weighted by Crippen LogP contribution is 2.30. The van der Waals surface area contributed by atoms with Gasteiger partial charge in [-0.2, -0.15) is 0 Å². The molecular formula is C20H28S. The minimum absolute atomic E-state index is 0.660. The summed E-state index contributed by atoms with van der Waals surface area (Å²) >= 11 is 1.92. The topological polar surface area (TPSA) is 0 Å². The molecule has 0 aliphatic heterocycles. The van der Waals surface area contributed by atoms with Crippen LogP contribution in [0.4, 0.5) is 0 Å². The standard InChI is InChI=1S/C20H28S/c1-5-17-9-7-11-18(12-17)10-6-8-16(4)19-13-20(15(2)3)21-14-19/h7,9,11-16H,5-6,8,10H2,1-4H3. The van der Waals surface area contributed by atoms with E-state index >= 15 is 0 Å². The fourth-order valence-corrected chi connectivity index (χ4v) is 3.76. The minimum Gasteiger partial charge on any atom is -0.148 e. The Labute approximate surface area is 134 Å². The number of hydrogen-bond acceptors (Lipinski definition) is 1. The molecule has 1 heterocycles. The molecule has 0 N–H and O–H groups in total. The molecule has 0 aliphatic carbocycles. The van der Waals surface area contributed by atoms with Crippen LogP contribution in [0, 0.1) is 0 Å². The molecule has 1 heteroatoms. The Bertz CT molecular complexity index is 550. The average molecular weight is 301 g/mol. The molecule has 0 saturated heterocycles. The third kappa shape index (κ3) is 4.71. The molecule has 0 saturated carbocycles. The van der Waals surface area contributed by atoms with Crippen LogP contribution in [0.3, 0.4) is 0 Å². The van der Waals surface area contributed by atoms with Crippen LogP contribution in [0.5, 0.6) is 0 Å². The summed E-state index contributed by atoms with van der Waals surface area (Å²) in [6.07, 6.45) is 4.91. The molecule has 0 amide bonds. The van der Waals surface area contributed by atoms with Gasteiger partial charge in [-0.3, -0.25) is 0 Å². The van der Waals surface area contributed by atoms with Crippen molar-refractivity contribution in [1.29, 1.82) is 0 Å². The molecule has 1 aromatic heterocycles. The van der Waals surface area contributed by atoms with Gasteiger partial charge < -0.3 is 0 Å². The van der Waals surface area contributed by atoms with E-state index < -0.39 is 0 Å². The van der Waals surface area contributed by atoms with E-state index in [0.29, 0.717) is 11.8 Å². The minimum atomic E-state index is 0.660. The van der Waals surface area contributed by atoms with Crippen molar-refractivity contribution < 1.29 is 0 Å². The van der Waals surface area contributed by atoms with Gasteiger partial charge in [-0.05, 0) is 65.7 Å². The zero-order chi connectivity index (χ0) is 15.2. The van der Waals surface area contributed by atoms with Gasteiger partial charge in [0.05, 0.1) is 0 Å². The number of rotatable bonds is 7. The SMILES string of the molecule is CCc1cccc(CCCC(C)c2csc(C(C)C)c2)c1. The van der Waals surface area contributed by atoms with Gasteiger partial charge in [0.1, 0.15) is 0 Å². The van der Waals surface area contributed by atoms with Crippen LogP contribution in [0.25, 0.3) is 0 Å².